The van der Waals surface area contributed by atoms with Crippen molar-refractivity contribution in [3.63, 3.8) is 0 Å². The minimum absolute atomic E-state index is 0.321. The standard InChI is InChI=1S/C18H28O2/c1-2-3-4-5-6-7-8-9-10-11-12-13-14-15-16-17-18(19)20/h2,5,8-17H2,1H3,(H,19,20). The quantitative estimate of drug-likeness (QED) is 0.460. The molecule has 0 aliphatic rings. The smallest absolute Gasteiger partial charge is 0.303 e. The van der Waals surface area contributed by atoms with Gasteiger partial charge in [-0.15, -0.1) is 11.8 Å². The molecule has 0 fully saturated rings. The second kappa shape index (κ2) is 15.6. The van der Waals surface area contributed by atoms with Crippen LogP contribution in [-0.2, 0) is 4.79 Å². The van der Waals surface area contributed by atoms with Gasteiger partial charge in [-0.2, -0.15) is 0 Å². The van der Waals surface area contributed by atoms with Crippen LogP contribution in [0.5, 0.6) is 0 Å². The predicted octanol–water partition coefficient (Wildman–Crippen LogP) is 4.78. The van der Waals surface area contributed by atoms with Crippen LogP contribution in [0.2, 0.25) is 0 Å². The van der Waals surface area contributed by atoms with Gasteiger partial charge in [0.15, 0.2) is 0 Å². The molecular weight excluding hydrogens is 248 g/mol. The van der Waals surface area contributed by atoms with Crippen molar-refractivity contribution >= 4 is 5.97 Å². The molecule has 0 rings (SSSR count). The van der Waals surface area contributed by atoms with Crippen LogP contribution in [0.25, 0.3) is 0 Å². The Labute approximate surface area is 124 Å². The van der Waals surface area contributed by atoms with E-state index in [4.69, 9.17) is 5.11 Å². The Morgan fingerprint density at radius 2 is 1.35 bits per heavy atom. The topological polar surface area (TPSA) is 37.3 Å². The summed E-state index contributed by atoms with van der Waals surface area (Å²) >= 11 is 0. The third kappa shape index (κ3) is 16.6. The van der Waals surface area contributed by atoms with Crippen molar-refractivity contribution in [1.82, 2.24) is 0 Å². The predicted molar refractivity (Wildman–Crippen MR) is 84.3 cm³/mol. The average molecular weight is 276 g/mol. The number of carbonyl (C=O) groups is 1. The maximum Gasteiger partial charge on any atom is 0.303 e. The lowest BCUT2D eigenvalue weighted by molar-refractivity contribution is -0.137. The van der Waals surface area contributed by atoms with E-state index in [-0.39, 0.29) is 0 Å². The molecule has 0 atom stereocenters. The molecule has 0 spiro atoms. The fraction of sp³-hybridized carbons (Fsp3) is 0.722. The molecule has 0 aromatic heterocycles. The molecular formula is C18H28O2. The number of carboxylic acid groups (broad SMARTS) is 1. The molecule has 2 nitrogen and oxygen atoms in total. The summed E-state index contributed by atoms with van der Waals surface area (Å²) in [5.74, 6) is 11.6. The number of hydrogen-bond acceptors (Lipinski definition) is 1. The first-order chi connectivity index (χ1) is 9.77. The Kier molecular flexibility index (Phi) is 14.5. The zero-order valence-electron chi connectivity index (χ0n) is 12.8. The Hall–Kier alpha value is -1.41. The van der Waals surface area contributed by atoms with Gasteiger partial charge in [-0.05, 0) is 12.8 Å². The van der Waals surface area contributed by atoms with Gasteiger partial charge in [0.1, 0.15) is 0 Å². The molecule has 0 aliphatic heterocycles. The number of hydrogen-bond donors (Lipinski definition) is 1. The highest BCUT2D eigenvalue weighted by atomic mass is 16.4. The SMILES string of the molecule is CCC#CCC#CCCCCCCCCCCC(=O)O. The van der Waals surface area contributed by atoms with Crippen molar-refractivity contribution in [2.45, 2.75) is 84.0 Å². The summed E-state index contributed by atoms with van der Waals surface area (Å²) in [4.78, 5) is 10.3. The van der Waals surface area contributed by atoms with Gasteiger partial charge in [-0.3, -0.25) is 4.79 Å². The van der Waals surface area contributed by atoms with E-state index in [1.54, 1.807) is 0 Å². The lowest BCUT2D eigenvalue weighted by atomic mass is 10.1. The maximum absolute atomic E-state index is 10.3. The molecule has 20 heavy (non-hydrogen) atoms. The molecule has 0 heterocycles. The van der Waals surface area contributed by atoms with Crippen LogP contribution in [0, 0.1) is 23.7 Å². The summed E-state index contributed by atoms with van der Waals surface area (Å²) < 4.78 is 0. The van der Waals surface area contributed by atoms with Crippen LogP contribution in [0.15, 0.2) is 0 Å². The first-order valence-electron chi connectivity index (χ1n) is 7.90. The van der Waals surface area contributed by atoms with Crippen molar-refractivity contribution in [2.75, 3.05) is 0 Å². The minimum atomic E-state index is -0.674. The average Bonchev–Trinajstić information content (AvgIpc) is 2.43. The molecule has 112 valence electrons. The van der Waals surface area contributed by atoms with Crippen molar-refractivity contribution in [3.8, 4) is 23.7 Å². The lowest BCUT2D eigenvalue weighted by Crippen LogP contribution is -1.93. The number of unbranched alkanes of at least 4 members (excludes halogenated alkanes) is 8. The van der Waals surface area contributed by atoms with Crippen molar-refractivity contribution in [2.24, 2.45) is 0 Å². The van der Waals surface area contributed by atoms with Gasteiger partial charge in [0, 0.05) is 19.3 Å². The van der Waals surface area contributed by atoms with E-state index < -0.39 is 5.97 Å². The summed E-state index contributed by atoms with van der Waals surface area (Å²) in [5, 5.41) is 8.50. The Morgan fingerprint density at radius 1 is 0.800 bits per heavy atom. The van der Waals surface area contributed by atoms with E-state index >= 15 is 0 Å². The normalized spacial score (nSPS) is 9.25. The molecule has 2 heteroatoms. The van der Waals surface area contributed by atoms with Crippen LogP contribution in [0.1, 0.15) is 84.0 Å². The summed E-state index contributed by atoms with van der Waals surface area (Å²) in [5.41, 5.74) is 0. The van der Waals surface area contributed by atoms with E-state index in [1.165, 1.54) is 38.5 Å². The molecule has 0 unspecified atom stereocenters. The second-order valence-corrected chi connectivity index (χ2v) is 4.96. The monoisotopic (exact) mass is 276 g/mol. The highest BCUT2D eigenvalue weighted by Crippen LogP contribution is 2.10. The molecule has 0 aromatic rings. The second-order valence-electron chi connectivity index (χ2n) is 4.96. The van der Waals surface area contributed by atoms with Gasteiger partial charge >= 0.3 is 5.97 Å². The van der Waals surface area contributed by atoms with Crippen molar-refractivity contribution in [1.29, 1.82) is 0 Å². The van der Waals surface area contributed by atoms with Gasteiger partial charge in [-0.25, -0.2) is 0 Å². The highest BCUT2D eigenvalue weighted by molar-refractivity contribution is 5.66. The van der Waals surface area contributed by atoms with Crippen LogP contribution in [-0.4, -0.2) is 11.1 Å². The molecule has 0 amide bonds. The lowest BCUT2D eigenvalue weighted by Gasteiger charge is -2.00. The zero-order valence-corrected chi connectivity index (χ0v) is 12.8. The van der Waals surface area contributed by atoms with Gasteiger partial charge in [0.25, 0.3) is 0 Å². The molecule has 0 saturated heterocycles. The minimum Gasteiger partial charge on any atom is -0.481 e. The summed E-state index contributed by atoms with van der Waals surface area (Å²) in [6.45, 7) is 2.05. The number of carboxylic acids is 1. The maximum atomic E-state index is 10.3. The molecule has 0 aromatic carbocycles. The van der Waals surface area contributed by atoms with Gasteiger partial charge in [0.05, 0.1) is 6.42 Å². The largest absolute Gasteiger partial charge is 0.481 e. The Morgan fingerprint density at radius 3 is 1.95 bits per heavy atom. The first-order valence-corrected chi connectivity index (χ1v) is 7.90. The van der Waals surface area contributed by atoms with Gasteiger partial charge in [0.2, 0.25) is 0 Å². The number of rotatable bonds is 10. The fourth-order valence-corrected chi connectivity index (χ4v) is 1.93. The molecule has 0 aliphatic carbocycles. The molecule has 1 N–H and O–H groups in total. The summed E-state index contributed by atoms with van der Waals surface area (Å²) in [6.07, 6.45) is 12.2. The van der Waals surface area contributed by atoms with Gasteiger partial charge < -0.3 is 5.11 Å². The highest BCUT2D eigenvalue weighted by Gasteiger charge is 1.96. The van der Waals surface area contributed by atoms with Crippen LogP contribution >= 0.6 is 0 Å². The van der Waals surface area contributed by atoms with E-state index in [0.29, 0.717) is 12.8 Å². The van der Waals surface area contributed by atoms with Crippen LogP contribution in [0.4, 0.5) is 0 Å². The van der Waals surface area contributed by atoms with Gasteiger partial charge in [-0.1, -0.05) is 57.3 Å². The zero-order chi connectivity index (χ0) is 14.9. The van der Waals surface area contributed by atoms with E-state index in [0.717, 1.165) is 25.7 Å². The molecule has 0 bridgehead atoms. The summed E-state index contributed by atoms with van der Waals surface area (Å²) in [6, 6.07) is 0. The van der Waals surface area contributed by atoms with Crippen molar-refractivity contribution in [3.05, 3.63) is 0 Å². The third-order valence-electron chi connectivity index (χ3n) is 3.05. The van der Waals surface area contributed by atoms with Crippen LogP contribution in [0.3, 0.4) is 0 Å². The van der Waals surface area contributed by atoms with Crippen LogP contribution < -0.4 is 0 Å². The fourth-order valence-electron chi connectivity index (χ4n) is 1.93. The number of aliphatic carboxylic acids is 1. The van der Waals surface area contributed by atoms with Crippen molar-refractivity contribution < 1.29 is 9.90 Å². The molecule has 0 radical (unpaired) electrons. The van der Waals surface area contributed by atoms with E-state index in [1.807, 2.05) is 6.92 Å². The first kappa shape index (κ1) is 18.6. The Balaban J connectivity index is 3.15. The van der Waals surface area contributed by atoms with E-state index in [9.17, 15) is 4.79 Å². The van der Waals surface area contributed by atoms with E-state index in [2.05, 4.69) is 23.7 Å². The Bertz CT molecular complexity index is 349. The summed E-state index contributed by atoms with van der Waals surface area (Å²) in [7, 11) is 0. The third-order valence-corrected chi connectivity index (χ3v) is 3.05. The molecule has 0 saturated carbocycles.